The first-order valence-corrected chi connectivity index (χ1v) is 7.59. The average Bonchev–Trinajstić information content (AvgIpc) is 3.27. The van der Waals surface area contributed by atoms with Gasteiger partial charge in [0, 0.05) is 37.3 Å². The smallest absolute Gasteiger partial charge is 0.130 e. The summed E-state index contributed by atoms with van der Waals surface area (Å²) < 4.78 is 27.6. The van der Waals surface area contributed by atoms with Gasteiger partial charge in [0.25, 0.3) is 0 Å². The lowest BCUT2D eigenvalue weighted by Gasteiger charge is -2.40. The molecule has 20 heavy (non-hydrogen) atoms. The summed E-state index contributed by atoms with van der Waals surface area (Å²) in [7, 11) is 0. The SMILES string of the molecule is CCC1CNC(C2CC2)CN1Cc1c(F)cccc1F. The maximum Gasteiger partial charge on any atom is 0.130 e. The summed E-state index contributed by atoms with van der Waals surface area (Å²) in [5.74, 6) is -0.0940. The molecule has 1 heterocycles. The molecular formula is C16H22F2N2. The fraction of sp³-hybridized carbons (Fsp3) is 0.625. The molecule has 110 valence electrons. The summed E-state index contributed by atoms with van der Waals surface area (Å²) in [6.07, 6.45) is 3.58. The van der Waals surface area contributed by atoms with Crippen LogP contribution < -0.4 is 5.32 Å². The van der Waals surface area contributed by atoms with Crippen LogP contribution in [0, 0.1) is 17.6 Å². The zero-order valence-electron chi connectivity index (χ0n) is 11.9. The van der Waals surface area contributed by atoms with Gasteiger partial charge in [-0.1, -0.05) is 13.0 Å². The van der Waals surface area contributed by atoms with E-state index in [1.54, 1.807) is 0 Å². The highest BCUT2D eigenvalue weighted by molar-refractivity contribution is 5.20. The first-order chi connectivity index (χ1) is 9.69. The van der Waals surface area contributed by atoms with Gasteiger partial charge in [0.1, 0.15) is 11.6 Å². The molecule has 1 aromatic carbocycles. The van der Waals surface area contributed by atoms with Crippen LogP contribution in [0.5, 0.6) is 0 Å². The third-order valence-electron chi connectivity index (χ3n) is 4.65. The molecule has 0 amide bonds. The summed E-state index contributed by atoms with van der Waals surface area (Å²) in [5, 5.41) is 3.60. The molecule has 1 aliphatic heterocycles. The molecule has 0 radical (unpaired) electrons. The molecule has 2 nitrogen and oxygen atoms in total. The second-order valence-electron chi connectivity index (χ2n) is 6.04. The Labute approximate surface area is 119 Å². The van der Waals surface area contributed by atoms with Crippen LogP contribution in [0.2, 0.25) is 0 Å². The van der Waals surface area contributed by atoms with Gasteiger partial charge in [-0.05, 0) is 37.3 Å². The number of nitrogens with one attached hydrogen (secondary N) is 1. The quantitative estimate of drug-likeness (QED) is 0.912. The predicted molar refractivity (Wildman–Crippen MR) is 75.4 cm³/mol. The van der Waals surface area contributed by atoms with Crippen molar-refractivity contribution in [1.82, 2.24) is 10.2 Å². The van der Waals surface area contributed by atoms with E-state index in [9.17, 15) is 8.78 Å². The van der Waals surface area contributed by atoms with Gasteiger partial charge in [-0.3, -0.25) is 4.90 Å². The Morgan fingerprint density at radius 2 is 1.95 bits per heavy atom. The summed E-state index contributed by atoms with van der Waals surface area (Å²) >= 11 is 0. The number of piperazine rings is 1. The Balaban J connectivity index is 1.75. The van der Waals surface area contributed by atoms with E-state index in [0.717, 1.165) is 25.4 Å². The first kappa shape index (κ1) is 14.0. The molecule has 3 rings (SSSR count). The lowest BCUT2D eigenvalue weighted by atomic mass is 10.0. The third kappa shape index (κ3) is 2.86. The van der Waals surface area contributed by atoms with Crippen molar-refractivity contribution in [2.75, 3.05) is 13.1 Å². The fourth-order valence-electron chi connectivity index (χ4n) is 3.18. The fourth-order valence-corrected chi connectivity index (χ4v) is 3.18. The molecule has 2 atom stereocenters. The van der Waals surface area contributed by atoms with Gasteiger partial charge in [-0.15, -0.1) is 0 Å². The lowest BCUT2D eigenvalue weighted by molar-refractivity contribution is 0.109. The molecule has 1 aromatic rings. The summed E-state index contributed by atoms with van der Waals surface area (Å²) in [6.45, 7) is 4.33. The normalized spacial score (nSPS) is 27.8. The van der Waals surface area contributed by atoms with Gasteiger partial charge in [-0.25, -0.2) is 8.78 Å². The molecular weight excluding hydrogens is 258 g/mol. The molecule has 1 saturated carbocycles. The Kier molecular flexibility index (Phi) is 4.03. The van der Waals surface area contributed by atoms with Crippen LogP contribution in [0.1, 0.15) is 31.7 Å². The van der Waals surface area contributed by atoms with Gasteiger partial charge in [0.15, 0.2) is 0 Å². The highest BCUT2D eigenvalue weighted by Crippen LogP contribution is 2.35. The summed E-state index contributed by atoms with van der Waals surface area (Å²) in [5.41, 5.74) is 0.211. The topological polar surface area (TPSA) is 15.3 Å². The number of benzene rings is 1. The van der Waals surface area contributed by atoms with Gasteiger partial charge < -0.3 is 5.32 Å². The monoisotopic (exact) mass is 280 g/mol. The van der Waals surface area contributed by atoms with Crippen molar-refractivity contribution in [2.24, 2.45) is 5.92 Å². The van der Waals surface area contributed by atoms with E-state index >= 15 is 0 Å². The molecule has 0 aromatic heterocycles. The second kappa shape index (κ2) is 5.78. The van der Waals surface area contributed by atoms with E-state index < -0.39 is 11.6 Å². The minimum atomic E-state index is -0.429. The molecule has 2 unspecified atom stereocenters. The van der Waals surface area contributed by atoms with Gasteiger partial charge >= 0.3 is 0 Å². The molecule has 2 aliphatic rings. The van der Waals surface area contributed by atoms with Crippen LogP contribution in [-0.2, 0) is 6.54 Å². The lowest BCUT2D eigenvalue weighted by Crippen LogP contribution is -2.56. The van der Waals surface area contributed by atoms with Gasteiger partial charge in [0.05, 0.1) is 0 Å². The Hall–Kier alpha value is -1.00. The van der Waals surface area contributed by atoms with Crippen LogP contribution in [0.25, 0.3) is 0 Å². The van der Waals surface area contributed by atoms with Crippen molar-refractivity contribution >= 4 is 0 Å². The van der Waals surface area contributed by atoms with E-state index in [1.807, 2.05) is 0 Å². The number of hydrogen-bond donors (Lipinski definition) is 1. The van der Waals surface area contributed by atoms with Crippen LogP contribution >= 0.6 is 0 Å². The van der Waals surface area contributed by atoms with Crippen LogP contribution in [0.4, 0.5) is 8.78 Å². The third-order valence-corrected chi connectivity index (χ3v) is 4.65. The van der Waals surface area contributed by atoms with Crippen LogP contribution in [0.15, 0.2) is 18.2 Å². The van der Waals surface area contributed by atoms with Crippen molar-refractivity contribution in [1.29, 1.82) is 0 Å². The van der Waals surface area contributed by atoms with E-state index in [-0.39, 0.29) is 5.56 Å². The standard InChI is InChI=1S/C16H22F2N2/c1-2-12-8-19-16(11-6-7-11)10-20(12)9-13-14(17)4-3-5-15(13)18/h3-5,11-12,16,19H,2,6-10H2,1H3. The minimum absolute atomic E-state index is 0.211. The molecule has 0 bridgehead atoms. The number of halogens is 2. The van der Waals surface area contributed by atoms with Gasteiger partial charge in [0.2, 0.25) is 0 Å². The molecule has 0 spiro atoms. The molecule has 1 N–H and O–H groups in total. The molecule has 4 heteroatoms. The minimum Gasteiger partial charge on any atom is -0.311 e. The molecule has 1 aliphatic carbocycles. The van der Waals surface area contributed by atoms with E-state index in [4.69, 9.17) is 0 Å². The molecule has 2 fully saturated rings. The number of hydrogen-bond acceptors (Lipinski definition) is 2. The zero-order valence-corrected chi connectivity index (χ0v) is 11.9. The van der Waals surface area contributed by atoms with E-state index in [0.29, 0.717) is 18.6 Å². The molecule has 1 saturated heterocycles. The summed E-state index contributed by atoms with van der Waals surface area (Å²) in [6, 6.07) is 4.98. The summed E-state index contributed by atoms with van der Waals surface area (Å²) in [4.78, 5) is 2.25. The maximum atomic E-state index is 13.8. The van der Waals surface area contributed by atoms with Crippen molar-refractivity contribution in [3.05, 3.63) is 35.4 Å². The van der Waals surface area contributed by atoms with E-state index in [2.05, 4.69) is 17.1 Å². The van der Waals surface area contributed by atoms with Crippen molar-refractivity contribution in [2.45, 2.75) is 44.8 Å². The predicted octanol–water partition coefficient (Wildman–Crippen LogP) is 2.93. The maximum absolute atomic E-state index is 13.8. The largest absolute Gasteiger partial charge is 0.311 e. The Morgan fingerprint density at radius 1 is 1.25 bits per heavy atom. The number of rotatable bonds is 4. The van der Waals surface area contributed by atoms with Crippen molar-refractivity contribution in [3.63, 3.8) is 0 Å². The Morgan fingerprint density at radius 3 is 2.55 bits per heavy atom. The highest BCUT2D eigenvalue weighted by atomic mass is 19.1. The average molecular weight is 280 g/mol. The highest BCUT2D eigenvalue weighted by Gasteiger charge is 2.37. The van der Waals surface area contributed by atoms with Crippen molar-refractivity contribution < 1.29 is 8.78 Å². The van der Waals surface area contributed by atoms with Crippen molar-refractivity contribution in [3.8, 4) is 0 Å². The second-order valence-corrected chi connectivity index (χ2v) is 6.04. The van der Waals surface area contributed by atoms with E-state index in [1.165, 1.54) is 31.0 Å². The van der Waals surface area contributed by atoms with Crippen LogP contribution in [-0.4, -0.2) is 30.1 Å². The first-order valence-electron chi connectivity index (χ1n) is 7.59. The van der Waals surface area contributed by atoms with Crippen LogP contribution in [0.3, 0.4) is 0 Å². The zero-order chi connectivity index (χ0) is 14.1. The number of nitrogens with zero attached hydrogens (tertiary/aromatic N) is 1. The Bertz CT molecular complexity index is 453. The van der Waals surface area contributed by atoms with Gasteiger partial charge in [-0.2, -0.15) is 0 Å².